The van der Waals surface area contributed by atoms with Crippen molar-refractivity contribution in [3.63, 3.8) is 0 Å². The van der Waals surface area contributed by atoms with Gasteiger partial charge in [-0.05, 0) is 0 Å². The first-order chi connectivity index (χ1) is 10.8. The maximum absolute atomic E-state index is 12.3. The van der Waals surface area contributed by atoms with E-state index in [1.54, 1.807) is 14.7 Å². The number of piperazine rings is 1. The van der Waals surface area contributed by atoms with Crippen LogP contribution in [0, 0.1) is 0 Å². The lowest BCUT2D eigenvalue weighted by atomic mass is 10.3. The third-order valence-corrected chi connectivity index (χ3v) is 3.78. The van der Waals surface area contributed by atoms with Gasteiger partial charge in [-0.1, -0.05) is 0 Å². The Bertz CT molecular complexity index is 419. The monoisotopic (exact) mass is 338 g/mol. The summed E-state index contributed by atoms with van der Waals surface area (Å²) in [6.07, 6.45) is -4.40. The van der Waals surface area contributed by atoms with Crippen molar-refractivity contribution in [1.29, 1.82) is 0 Å². The van der Waals surface area contributed by atoms with Crippen LogP contribution in [-0.2, 0) is 9.53 Å². The maximum Gasteiger partial charge on any atom is 0.405 e. The number of rotatable bonds is 3. The second-order valence-electron chi connectivity index (χ2n) is 5.54. The quantitative estimate of drug-likeness (QED) is 0.770. The number of carbonyl (C=O) groups is 2. The zero-order valence-electron chi connectivity index (χ0n) is 12.8. The van der Waals surface area contributed by atoms with Gasteiger partial charge in [0, 0.05) is 39.3 Å². The number of alkyl halides is 3. The number of ether oxygens (including phenoxy) is 1. The van der Waals surface area contributed by atoms with Gasteiger partial charge in [0.25, 0.3) is 0 Å². The van der Waals surface area contributed by atoms with Crippen LogP contribution in [0.4, 0.5) is 18.0 Å². The predicted octanol–water partition coefficient (Wildman–Crippen LogP) is -0.265. The summed E-state index contributed by atoms with van der Waals surface area (Å²) < 4.78 is 41.3. The molecule has 0 spiro atoms. The van der Waals surface area contributed by atoms with Crippen LogP contribution < -0.4 is 5.32 Å². The summed E-state index contributed by atoms with van der Waals surface area (Å²) in [7, 11) is 0. The molecule has 3 amide bonds. The average Bonchev–Trinajstić information content (AvgIpc) is 2.53. The van der Waals surface area contributed by atoms with Gasteiger partial charge in [0.1, 0.15) is 6.54 Å². The van der Waals surface area contributed by atoms with Crippen LogP contribution in [0.3, 0.4) is 0 Å². The first kappa shape index (κ1) is 17.8. The highest BCUT2D eigenvalue weighted by Gasteiger charge is 2.29. The standard InChI is InChI=1S/C13H21F3N4O3/c14-13(15,16)10-17-11(21)9-18-1-3-19(4-2-18)12(22)20-5-7-23-8-6-20/h1-10H2,(H,17,21). The topological polar surface area (TPSA) is 65.1 Å². The Kier molecular flexibility index (Phi) is 6.05. The van der Waals surface area contributed by atoms with E-state index in [1.165, 1.54) is 0 Å². The van der Waals surface area contributed by atoms with E-state index in [4.69, 9.17) is 4.74 Å². The van der Waals surface area contributed by atoms with Crippen LogP contribution in [0.1, 0.15) is 0 Å². The minimum atomic E-state index is -4.40. The van der Waals surface area contributed by atoms with E-state index in [0.29, 0.717) is 52.5 Å². The molecule has 2 rings (SSSR count). The first-order valence-electron chi connectivity index (χ1n) is 7.52. The number of hydrogen-bond acceptors (Lipinski definition) is 4. The number of hydrogen-bond donors (Lipinski definition) is 1. The Morgan fingerprint density at radius 1 is 0.957 bits per heavy atom. The molecule has 2 aliphatic rings. The van der Waals surface area contributed by atoms with Crippen LogP contribution in [0.2, 0.25) is 0 Å². The molecule has 0 unspecified atom stereocenters. The molecule has 0 radical (unpaired) electrons. The molecule has 2 aliphatic heterocycles. The van der Waals surface area contributed by atoms with Crippen LogP contribution in [0.5, 0.6) is 0 Å². The molecule has 0 aliphatic carbocycles. The fraction of sp³-hybridized carbons (Fsp3) is 0.846. The van der Waals surface area contributed by atoms with Crippen molar-refractivity contribution in [2.24, 2.45) is 0 Å². The summed E-state index contributed by atoms with van der Waals surface area (Å²) in [4.78, 5) is 28.9. The molecular weight excluding hydrogens is 317 g/mol. The van der Waals surface area contributed by atoms with Gasteiger partial charge < -0.3 is 19.9 Å². The number of halogens is 3. The Labute approximate surface area is 132 Å². The van der Waals surface area contributed by atoms with E-state index in [1.807, 2.05) is 5.32 Å². The second-order valence-corrected chi connectivity index (χ2v) is 5.54. The largest absolute Gasteiger partial charge is 0.405 e. The molecular formula is C13H21F3N4O3. The SMILES string of the molecule is O=C(CN1CCN(C(=O)N2CCOCC2)CC1)NCC(F)(F)F. The van der Waals surface area contributed by atoms with Gasteiger partial charge in [0.15, 0.2) is 0 Å². The number of urea groups is 1. The zero-order chi connectivity index (χ0) is 16.9. The van der Waals surface area contributed by atoms with Crippen molar-refractivity contribution in [2.45, 2.75) is 6.18 Å². The number of amides is 3. The molecule has 0 aromatic carbocycles. The fourth-order valence-electron chi connectivity index (χ4n) is 2.51. The van der Waals surface area contributed by atoms with Crippen molar-refractivity contribution in [2.75, 3.05) is 65.6 Å². The summed E-state index contributed by atoms with van der Waals surface area (Å²) in [5.74, 6) is -0.657. The maximum atomic E-state index is 12.3. The summed E-state index contributed by atoms with van der Waals surface area (Å²) in [6, 6.07) is -0.0468. The van der Waals surface area contributed by atoms with E-state index in [2.05, 4.69) is 0 Å². The molecule has 0 aromatic rings. The third-order valence-electron chi connectivity index (χ3n) is 3.78. The van der Waals surface area contributed by atoms with Crippen LogP contribution >= 0.6 is 0 Å². The first-order valence-corrected chi connectivity index (χ1v) is 7.52. The van der Waals surface area contributed by atoms with Gasteiger partial charge in [-0.25, -0.2) is 4.79 Å². The highest BCUT2D eigenvalue weighted by Crippen LogP contribution is 2.12. The second kappa shape index (κ2) is 7.82. The van der Waals surface area contributed by atoms with Gasteiger partial charge in [-0.2, -0.15) is 13.2 Å². The van der Waals surface area contributed by atoms with Gasteiger partial charge in [-0.3, -0.25) is 9.69 Å². The molecule has 2 fully saturated rings. The van der Waals surface area contributed by atoms with E-state index >= 15 is 0 Å². The normalized spacial score (nSPS) is 20.5. The molecule has 0 bridgehead atoms. The highest BCUT2D eigenvalue weighted by atomic mass is 19.4. The summed E-state index contributed by atoms with van der Waals surface area (Å²) in [5.41, 5.74) is 0. The molecule has 7 nitrogen and oxygen atoms in total. The minimum Gasteiger partial charge on any atom is -0.378 e. The molecule has 1 N–H and O–H groups in total. The molecule has 23 heavy (non-hydrogen) atoms. The third kappa shape index (κ3) is 5.87. The predicted molar refractivity (Wildman–Crippen MR) is 74.9 cm³/mol. The zero-order valence-corrected chi connectivity index (χ0v) is 12.8. The summed E-state index contributed by atoms with van der Waals surface area (Å²) >= 11 is 0. The Morgan fingerprint density at radius 3 is 2.09 bits per heavy atom. The Hall–Kier alpha value is -1.55. The van der Waals surface area contributed by atoms with E-state index < -0.39 is 18.6 Å². The van der Waals surface area contributed by atoms with Crippen molar-refractivity contribution >= 4 is 11.9 Å². The van der Waals surface area contributed by atoms with E-state index in [0.717, 1.165) is 0 Å². The molecule has 132 valence electrons. The summed E-state index contributed by atoms with van der Waals surface area (Å²) in [6.45, 7) is 2.65. The number of carbonyl (C=O) groups excluding carboxylic acids is 2. The van der Waals surface area contributed by atoms with Crippen molar-refractivity contribution in [1.82, 2.24) is 20.0 Å². The molecule has 10 heteroatoms. The van der Waals surface area contributed by atoms with Crippen LogP contribution in [0.15, 0.2) is 0 Å². The number of morpholine rings is 1. The lowest BCUT2D eigenvalue weighted by molar-refractivity contribution is -0.139. The average molecular weight is 338 g/mol. The highest BCUT2D eigenvalue weighted by molar-refractivity contribution is 5.78. The van der Waals surface area contributed by atoms with Crippen molar-refractivity contribution < 1.29 is 27.5 Å². The number of nitrogens with one attached hydrogen (secondary N) is 1. The Balaban J connectivity index is 1.69. The van der Waals surface area contributed by atoms with Gasteiger partial charge in [0.05, 0.1) is 19.8 Å². The van der Waals surface area contributed by atoms with Crippen LogP contribution in [0.25, 0.3) is 0 Å². The summed E-state index contributed by atoms with van der Waals surface area (Å²) in [5, 5.41) is 1.85. The van der Waals surface area contributed by atoms with Crippen LogP contribution in [-0.4, -0.2) is 98.4 Å². The van der Waals surface area contributed by atoms with E-state index in [9.17, 15) is 22.8 Å². The molecule has 0 atom stereocenters. The van der Waals surface area contributed by atoms with Gasteiger partial charge in [-0.15, -0.1) is 0 Å². The smallest absolute Gasteiger partial charge is 0.378 e. The molecule has 2 saturated heterocycles. The van der Waals surface area contributed by atoms with Crippen molar-refractivity contribution in [3.05, 3.63) is 0 Å². The number of nitrogens with zero attached hydrogens (tertiary/aromatic N) is 3. The lowest BCUT2D eigenvalue weighted by Gasteiger charge is -2.38. The Morgan fingerprint density at radius 2 is 1.52 bits per heavy atom. The van der Waals surface area contributed by atoms with E-state index in [-0.39, 0.29) is 12.6 Å². The molecule has 0 saturated carbocycles. The van der Waals surface area contributed by atoms with Crippen molar-refractivity contribution in [3.8, 4) is 0 Å². The lowest BCUT2D eigenvalue weighted by Crippen LogP contribution is -2.55. The fourth-order valence-corrected chi connectivity index (χ4v) is 2.51. The molecule has 2 heterocycles. The van der Waals surface area contributed by atoms with Gasteiger partial charge >= 0.3 is 12.2 Å². The van der Waals surface area contributed by atoms with Gasteiger partial charge in [0.2, 0.25) is 5.91 Å². The minimum absolute atomic E-state index is 0.0468. The molecule has 0 aromatic heterocycles.